The molecule has 2 amide bonds. The maximum atomic E-state index is 12.4. The normalized spacial score (nSPS) is 10.8. The molecule has 2 aromatic rings. The van der Waals surface area contributed by atoms with Crippen molar-refractivity contribution in [2.75, 3.05) is 18.9 Å². The van der Waals surface area contributed by atoms with Gasteiger partial charge in [-0.3, -0.25) is 5.21 Å². The van der Waals surface area contributed by atoms with Crippen LogP contribution in [0.5, 0.6) is 0 Å². The summed E-state index contributed by atoms with van der Waals surface area (Å²) in [6.45, 7) is 2.36. The molecule has 3 N–H and O–H groups in total. The first-order valence-corrected chi connectivity index (χ1v) is 9.03. The number of halogens is 3. The number of urea groups is 1. The van der Waals surface area contributed by atoms with Gasteiger partial charge in [0.25, 0.3) is 0 Å². The molecule has 0 saturated heterocycles. The van der Waals surface area contributed by atoms with E-state index >= 15 is 0 Å². The van der Waals surface area contributed by atoms with Crippen LogP contribution in [0.2, 0.25) is 0 Å². The quantitative estimate of drug-likeness (QED) is 0.315. The van der Waals surface area contributed by atoms with Crippen molar-refractivity contribution in [1.29, 1.82) is 0 Å². The fourth-order valence-electron chi connectivity index (χ4n) is 2.05. The summed E-state index contributed by atoms with van der Waals surface area (Å²) in [7, 11) is 1.66. The van der Waals surface area contributed by atoms with E-state index in [4.69, 9.17) is 17.8 Å². The van der Waals surface area contributed by atoms with E-state index in [1.165, 1.54) is 23.7 Å². The summed E-state index contributed by atoms with van der Waals surface area (Å²) in [5.74, 6) is 0. The number of benzene rings is 1. The molecule has 1 aromatic carbocycles. The molecule has 11 heteroatoms. The fraction of sp³-hybridized carbons (Fsp3) is 0.263. The van der Waals surface area contributed by atoms with Gasteiger partial charge in [0.05, 0.1) is 5.56 Å². The number of amides is 2. The zero-order valence-corrected chi connectivity index (χ0v) is 20.1. The third-order valence-electron chi connectivity index (χ3n) is 3.42. The van der Waals surface area contributed by atoms with E-state index in [1.54, 1.807) is 19.3 Å². The Labute approximate surface area is 204 Å². The van der Waals surface area contributed by atoms with Gasteiger partial charge in [-0.2, -0.15) is 18.9 Å². The van der Waals surface area contributed by atoms with Gasteiger partial charge in [-0.05, 0) is 30.7 Å². The molecule has 0 saturated carbocycles. The second kappa shape index (κ2) is 14.2. The molecule has 0 spiro atoms. The molecule has 0 aliphatic heterocycles. The Morgan fingerprint density at radius 3 is 2.53 bits per heavy atom. The summed E-state index contributed by atoms with van der Waals surface area (Å²) >= 11 is 4.75. The van der Waals surface area contributed by atoms with Crippen LogP contribution in [0.3, 0.4) is 0 Å². The van der Waals surface area contributed by atoms with Crippen LogP contribution in [0.15, 0.2) is 54.2 Å². The van der Waals surface area contributed by atoms with Gasteiger partial charge in [0.15, 0.2) is 0 Å². The molecule has 1 aromatic heterocycles. The third-order valence-corrected chi connectivity index (χ3v) is 3.64. The van der Waals surface area contributed by atoms with Gasteiger partial charge in [0, 0.05) is 61.3 Å². The molecule has 6 nitrogen and oxygen atoms in total. The summed E-state index contributed by atoms with van der Waals surface area (Å²) in [4.78, 5) is 11.2. The number of hydrogen-bond donors (Lipinski definition) is 3. The van der Waals surface area contributed by atoms with Crippen molar-refractivity contribution >= 4 is 30.0 Å². The van der Waals surface area contributed by atoms with Crippen LogP contribution in [0.1, 0.15) is 24.5 Å². The molecule has 0 aliphatic carbocycles. The van der Waals surface area contributed by atoms with Crippen LogP contribution in [0, 0.1) is 0 Å². The van der Waals surface area contributed by atoms with Gasteiger partial charge in [-0.15, -0.1) is 7.05 Å². The fourth-order valence-corrected chi connectivity index (χ4v) is 2.29. The van der Waals surface area contributed by atoms with Gasteiger partial charge < -0.3 is 28.6 Å². The molecule has 0 fully saturated rings. The maximum Gasteiger partial charge on any atom is 0.416 e. The molecular weight excluding hydrogens is 494 g/mol. The van der Waals surface area contributed by atoms with Crippen molar-refractivity contribution in [1.82, 2.24) is 5.32 Å². The molecule has 1 heterocycles. The number of pyridine rings is 1. The Morgan fingerprint density at radius 1 is 1.30 bits per heavy atom. The molecule has 0 unspecified atom stereocenters. The van der Waals surface area contributed by atoms with E-state index in [1.807, 2.05) is 13.0 Å². The number of carbonyl (C=O) groups excluding carboxylic acids is 1. The summed E-state index contributed by atoms with van der Waals surface area (Å²) in [6.07, 6.45) is -0.571. The zero-order valence-electron chi connectivity index (χ0n) is 16.5. The summed E-state index contributed by atoms with van der Waals surface area (Å²) in [5.41, 5.74) is 0.824. The van der Waals surface area contributed by atoms with E-state index in [2.05, 4.69) is 16.0 Å². The van der Waals surface area contributed by atoms with Crippen LogP contribution in [-0.4, -0.2) is 24.8 Å². The van der Waals surface area contributed by atoms with Gasteiger partial charge >= 0.3 is 12.2 Å². The first-order valence-electron chi connectivity index (χ1n) is 8.56. The van der Waals surface area contributed by atoms with Crippen molar-refractivity contribution < 1.29 is 60.6 Å². The Balaban J connectivity index is 0.000000573. The minimum absolute atomic E-state index is 0. The topological polar surface area (TPSA) is 79.3 Å². The van der Waals surface area contributed by atoms with E-state index in [0.29, 0.717) is 12.2 Å². The van der Waals surface area contributed by atoms with Crippen molar-refractivity contribution in [2.24, 2.45) is 0 Å². The van der Waals surface area contributed by atoms with E-state index < -0.39 is 17.8 Å². The van der Waals surface area contributed by atoms with E-state index in [9.17, 15) is 18.0 Å². The van der Waals surface area contributed by atoms with Crippen molar-refractivity contribution in [3.63, 3.8) is 0 Å². The summed E-state index contributed by atoms with van der Waals surface area (Å²) < 4.78 is 38.1. The molecule has 161 valence electrons. The van der Waals surface area contributed by atoms with Gasteiger partial charge in [-0.1, -0.05) is 13.0 Å². The van der Waals surface area contributed by atoms with E-state index in [-0.39, 0.29) is 38.4 Å². The molecule has 0 atom stereocenters. The molecule has 0 bridgehead atoms. The Bertz CT molecular complexity index is 835. The maximum absolute atomic E-state index is 12.4. The second-order valence-electron chi connectivity index (χ2n) is 5.66. The number of anilines is 1. The predicted molar refractivity (Wildman–Crippen MR) is 107 cm³/mol. The van der Waals surface area contributed by atoms with Gasteiger partial charge in [-0.25, -0.2) is 10.2 Å². The number of aromatic nitrogens is 1. The third kappa shape index (κ3) is 10.2. The van der Waals surface area contributed by atoms with Crippen molar-refractivity contribution in [3.8, 4) is 0 Å². The van der Waals surface area contributed by atoms with Crippen molar-refractivity contribution in [3.05, 3.63) is 70.6 Å². The van der Waals surface area contributed by atoms with Crippen LogP contribution < -0.4 is 15.4 Å². The smallest absolute Gasteiger partial charge is 0.416 e. The van der Waals surface area contributed by atoms with Gasteiger partial charge in [0.1, 0.15) is 0 Å². The van der Waals surface area contributed by atoms with Gasteiger partial charge in [0.2, 0.25) is 12.4 Å². The first kappa shape index (κ1) is 28.1. The molecule has 1 radical (unpaired) electrons. The standard InChI is InChI=1S/C11H13F3N2O.C8H10N2OS.Y/c1-2-6-15-10(17)16-9-5-3-4-8(7-9)11(12,13)14;1-9-8(6-12)7-3-2-4-10(11)5-7;/h3-5,7H,2,6H2,1H3,(H2,15,16,17);2-6,11-12H,1H3;/p-1/b;8-6-;. The van der Waals surface area contributed by atoms with Crippen molar-refractivity contribution in [2.45, 2.75) is 19.5 Å². The molecule has 0 aliphatic rings. The Hall–Kier alpha value is -1.91. The number of rotatable bonds is 5. The number of alkyl halides is 3. The minimum atomic E-state index is -4.41. The SMILES string of the molecule is CCCNC(=O)Nc1cccc(C(F)(F)F)c1.C[N-]/C(=C\[S-])c1ccc[n+](O)c1.[Y]. The molecular formula is C19H22F3N4O2SY-. The molecule has 30 heavy (non-hydrogen) atoms. The molecule has 2 rings (SSSR count). The summed E-state index contributed by atoms with van der Waals surface area (Å²) in [5, 5.41) is 19.3. The second-order valence-corrected chi connectivity index (χ2v) is 5.89. The first-order chi connectivity index (χ1) is 13.7. The number of nitrogens with zero attached hydrogens (tertiary/aromatic N) is 2. The number of carbonyl (C=O) groups is 1. The number of nitrogens with one attached hydrogen (secondary N) is 2. The summed E-state index contributed by atoms with van der Waals surface area (Å²) in [6, 6.07) is 7.54. The van der Waals surface area contributed by atoms with E-state index in [0.717, 1.165) is 28.8 Å². The monoisotopic (exact) mass is 516 g/mol. The average Bonchev–Trinajstić information content (AvgIpc) is 2.67. The Kier molecular flexibility index (Phi) is 13.3. The van der Waals surface area contributed by atoms with Crippen LogP contribution in [-0.2, 0) is 51.5 Å². The van der Waals surface area contributed by atoms with Crippen LogP contribution in [0.4, 0.5) is 23.7 Å². The average molecular weight is 516 g/mol. The van der Waals surface area contributed by atoms with Crippen LogP contribution >= 0.6 is 0 Å². The largest absolute Gasteiger partial charge is 0.788 e. The number of hydrogen-bond acceptors (Lipinski definition) is 3. The zero-order chi connectivity index (χ0) is 21.9. The predicted octanol–water partition coefficient (Wildman–Crippen LogP) is 4.29. The Morgan fingerprint density at radius 2 is 2.00 bits per heavy atom. The van der Waals surface area contributed by atoms with Crippen LogP contribution in [0.25, 0.3) is 11.0 Å². The minimum Gasteiger partial charge on any atom is -0.788 e.